The fourth-order valence-corrected chi connectivity index (χ4v) is 6.96. The van der Waals surface area contributed by atoms with Crippen LogP contribution >= 0.6 is 0 Å². The van der Waals surface area contributed by atoms with Gasteiger partial charge in [0.25, 0.3) is 0 Å². The number of amides is 6. The van der Waals surface area contributed by atoms with Crippen LogP contribution in [-0.4, -0.2) is 150 Å². The van der Waals surface area contributed by atoms with Crippen molar-refractivity contribution in [3.8, 4) is 0 Å². The first-order chi connectivity index (χ1) is 29.9. The van der Waals surface area contributed by atoms with Crippen molar-refractivity contribution in [3.05, 3.63) is 35.9 Å². The molecule has 11 N–H and O–H groups in total. The quantitative estimate of drug-likeness (QED) is 0.0272. The highest BCUT2D eigenvalue weighted by molar-refractivity contribution is 5.97. The number of carbonyl (C=O) groups excluding carboxylic acids is 8. The number of nitrogens with two attached hydrogens (primary N) is 1. The minimum absolute atomic E-state index is 0.00161. The summed E-state index contributed by atoms with van der Waals surface area (Å²) in [7, 11) is 1.15. The number of aliphatic hydroxyl groups excluding tert-OH is 2. The zero-order valence-electron chi connectivity index (χ0n) is 36.8. The lowest BCUT2D eigenvalue weighted by Gasteiger charge is -2.30. The summed E-state index contributed by atoms with van der Waals surface area (Å²) in [5.41, 5.74) is 6.10. The maximum atomic E-state index is 13.6. The number of rotatable bonds is 25. The van der Waals surface area contributed by atoms with Crippen molar-refractivity contribution in [2.45, 2.75) is 134 Å². The fourth-order valence-electron chi connectivity index (χ4n) is 6.96. The maximum Gasteiger partial charge on any atom is 0.346 e. The number of unbranched alkanes of at least 4 members (excludes halogenated alkanes) is 1. The van der Waals surface area contributed by atoms with Crippen molar-refractivity contribution >= 4 is 53.3 Å². The van der Waals surface area contributed by atoms with E-state index in [1.54, 1.807) is 44.2 Å². The first-order valence-corrected chi connectivity index (χ1v) is 21.4. The summed E-state index contributed by atoms with van der Waals surface area (Å²) in [4.78, 5) is 103. The SMILES string of the molecule is COC(=O)[C@H](Cc1ccccc1)NC(=O)[C@H](CC(N)=O)NC(=O)[C@H](CC(C)C)NC(=O)[C@@H](NC(=O)[C@H](C)NC(=O)CCCCC(=O)OC[C@@H]1CC[N+]2=C(N[C@H](CO)CC2)N1)[C@@H](C)O. The molecule has 2 heterocycles. The third-order valence-corrected chi connectivity index (χ3v) is 10.5. The minimum Gasteiger partial charge on any atom is -0.467 e. The molecule has 21 nitrogen and oxygen atoms in total. The molecule has 0 spiro atoms. The molecule has 2 aliphatic rings. The standard InChI is InChI=1S/C42H65N9O12/c1-24(2)19-30(38(58)47-31(21-33(43)54)39(59)49-32(41(61)62-5)20-27-11-7-6-8-12-27)48-40(60)36(26(4)53)50-37(57)25(3)44-34(55)13-9-10-14-35(56)63-23-29-16-18-51-17-15-28(22-52)45-42(51)46-29/h6-8,11-12,24-26,28-32,36,52-53H,9-10,13-23H2,1-5H3,(H8,43,44,45,46,47,48,49,50,54,55,57,58,59,60)/p+1/t25-,26+,28-,29-,30-,31-,32-,36-/m0/s1. The summed E-state index contributed by atoms with van der Waals surface area (Å²) < 4.78 is 12.4. The maximum absolute atomic E-state index is 13.6. The van der Waals surface area contributed by atoms with Gasteiger partial charge in [-0.2, -0.15) is 0 Å². The van der Waals surface area contributed by atoms with Crippen molar-refractivity contribution in [2.24, 2.45) is 11.7 Å². The summed E-state index contributed by atoms with van der Waals surface area (Å²) in [6.45, 7) is 8.00. The molecule has 0 saturated heterocycles. The molecule has 350 valence electrons. The average molecular weight is 889 g/mol. The van der Waals surface area contributed by atoms with E-state index in [9.17, 15) is 48.6 Å². The lowest BCUT2D eigenvalue weighted by molar-refractivity contribution is -0.543. The van der Waals surface area contributed by atoms with Crippen LogP contribution < -0.4 is 43.0 Å². The van der Waals surface area contributed by atoms with E-state index >= 15 is 0 Å². The van der Waals surface area contributed by atoms with Gasteiger partial charge in [-0.3, -0.25) is 48.8 Å². The molecule has 1 aromatic carbocycles. The van der Waals surface area contributed by atoms with Gasteiger partial charge in [-0.15, -0.1) is 0 Å². The van der Waals surface area contributed by atoms with Crippen molar-refractivity contribution in [2.75, 3.05) is 33.4 Å². The van der Waals surface area contributed by atoms with Crippen LogP contribution in [0.2, 0.25) is 0 Å². The van der Waals surface area contributed by atoms with Gasteiger partial charge in [-0.05, 0) is 44.6 Å². The Labute approximate surface area is 367 Å². The van der Waals surface area contributed by atoms with Crippen LogP contribution in [0.1, 0.15) is 84.6 Å². The van der Waals surface area contributed by atoms with Crippen LogP contribution in [-0.2, 0) is 54.3 Å². The highest BCUT2D eigenvalue weighted by Crippen LogP contribution is 2.11. The Morgan fingerprint density at radius 1 is 0.794 bits per heavy atom. The van der Waals surface area contributed by atoms with Crippen LogP contribution in [0.3, 0.4) is 0 Å². The normalized spacial score (nSPS) is 18.6. The smallest absolute Gasteiger partial charge is 0.346 e. The second kappa shape index (κ2) is 25.9. The van der Waals surface area contributed by atoms with Gasteiger partial charge in [-0.25, -0.2) is 4.79 Å². The molecule has 8 atom stereocenters. The fraction of sp³-hybridized carbons (Fsp3) is 0.643. The third-order valence-electron chi connectivity index (χ3n) is 10.5. The first kappa shape index (κ1) is 51.5. The lowest BCUT2D eigenvalue weighted by Crippen LogP contribution is -2.61. The predicted molar refractivity (Wildman–Crippen MR) is 227 cm³/mol. The highest BCUT2D eigenvalue weighted by Gasteiger charge is 2.35. The summed E-state index contributed by atoms with van der Waals surface area (Å²) in [5.74, 6) is -5.52. The number of carbonyl (C=O) groups is 8. The second-order valence-corrected chi connectivity index (χ2v) is 16.4. The van der Waals surface area contributed by atoms with Gasteiger partial charge in [0.2, 0.25) is 35.4 Å². The molecule has 2 aliphatic heterocycles. The predicted octanol–water partition coefficient (Wildman–Crippen LogP) is -2.66. The number of methoxy groups -OCH3 is 1. The molecule has 6 amide bonds. The van der Waals surface area contributed by atoms with Crippen molar-refractivity contribution < 1.29 is 62.6 Å². The number of aliphatic hydroxyl groups is 2. The second-order valence-electron chi connectivity index (χ2n) is 16.4. The first-order valence-electron chi connectivity index (χ1n) is 21.4. The van der Waals surface area contributed by atoms with Gasteiger partial charge in [-0.1, -0.05) is 44.2 Å². The Morgan fingerprint density at radius 2 is 1.40 bits per heavy atom. The van der Waals surface area contributed by atoms with Gasteiger partial charge in [0.15, 0.2) is 0 Å². The monoisotopic (exact) mass is 888 g/mol. The van der Waals surface area contributed by atoms with Crippen molar-refractivity contribution in [3.63, 3.8) is 0 Å². The number of nitrogens with one attached hydrogen (secondary N) is 7. The molecule has 0 radical (unpaired) electrons. The molecular weight excluding hydrogens is 823 g/mol. The van der Waals surface area contributed by atoms with Gasteiger partial charge < -0.3 is 52.0 Å². The number of primary amides is 1. The Hall–Kier alpha value is -5.83. The Morgan fingerprint density at radius 3 is 2.02 bits per heavy atom. The summed E-state index contributed by atoms with van der Waals surface area (Å²) in [5, 5.41) is 38.9. The molecular formula is C42H66N9O12+. The number of esters is 2. The Kier molecular flexibility index (Phi) is 21.2. The molecule has 0 saturated carbocycles. The minimum atomic E-state index is -1.58. The Balaban J connectivity index is 1.50. The largest absolute Gasteiger partial charge is 0.467 e. The number of ether oxygens (including phenoxy) is 2. The average Bonchev–Trinajstić information content (AvgIpc) is 3.24. The van der Waals surface area contributed by atoms with E-state index in [0.717, 1.165) is 39.0 Å². The molecule has 0 fully saturated rings. The third kappa shape index (κ3) is 17.8. The van der Waals surface area contributed by atoms with Crippen LogP contribution in [0.5, 0.6) is 0 Å². The summed E-state index contributed by atoms with van der Waals surface area (Å²) >= 11 is 0. The number of guanidine groups is 1. The van der Waals surface area contributed by atoms with E-state index in [2.05, 4.69) is 41.8 Å². The van der Waals surface area contributed by atoms with E-state index in [-0.39, 0.29) is 56.9 Å². The van der Waals surface area contributed by atoms with Crippen LogP contribution in [0.4, 0.5) is 0 Å². The van der Waals surface area contributed by atoms with E-state index in [4.69, 9.17) is 15.2 Å². The molecule has 0 aliphatic carbocycles. The number of hydrogen-bond donors (Lipinski definition) is 10. The molecule has 0 unspecified atom stereocenters. The zero-order chi connectivity index (χ0) is 46.6. The van der Waals surface area contributed by atoms with Gasteiger partial charge in [0, 0.05) is 32.1 Å². The van der Waals surface area contributed by atoms with Crippen LogP contribution in [0, 0.1) is 5.92 Å². The topological polar surface area (TPSA) is 309 Å². The number of hydrogen-bond acceptors (Lipinski definition) is 14. The molecule has 21 heteroatoms. The van der Waals surface area contributed by atoms with E-state index in [1.165, 1.54) is 13.8 Å². The van der Waals surface area contributed by atoms with Crippen LogP contribution in [0.15, 0.2) is 30.3 Å². The van der Waals surface area contributed by atoms with E-state index in [0.29, 0.717) is 18.4 Å². The van der Waals surface area contributed by atoms with E-state index < -0.39 is 90.1 Å². The Bertz CT molecular complexity index is 1780. The molecule has 0 aromatic heterocycles. The van der Waals surface area contributed by atoms with Crippen molar-refractivity contribution in [1.82, 2.24) is 37.2 Å². The van der Waals surface area contributed by atoms with Crippen molar-refractivity contribution in [1.29, 1.82) is 0 Å². The molecule has 0 bridgehead atoms. The molecule has 3 rings (SSSR count). The van der Waals surface area contributed by atoms with Gasteiger partial charge in [0.1, 0.15) is 48.9 Å². The molecule has 63 heavy (non-hydrogen) atoms. The van der Waals surface area contributed by atoms with Gasteiger partial charge >= 0.3 is 17.9 Å². The van der Waals surface area contributed by atoms with E-state index in [1.807, 2.05) is 0 Å². The highest BCUT2D eigenvalue weighted by atomic mass is 16.5. The number of benzene rings is 1. The summed E-state index contributed by atoms with van der Waals surface area (Å²) in [6, 6.07) is 1.88. The van der Waals surface area contributed by atoms with Gasteiger partial charge in [0.05, 0.1) is 39.3 Å². The lowest BCUT2D eigenvalue weighted by atomic mass is 10.0. The zero-order valence-corrected chi connectivity index (χ0v) is 36.8. The molecule has 1 aromatic rings. The summed E-state index contributed by atoms with van der Waals surface area (Å²) in [6.07, 6.45) is 0.373. The number of nitrogens with zero attached hydrogens (tertiary/aromatic N) is 1. The van der Waals surface area contributed by atoms with Crippen LogP contribution in [0.25, 0.3) is 0 Å².